The van der Waals surface area contributed by atoms with Gasteiger partial charge in [-0.05, 0) is 36.6 Å². The second kappa shape index (κ2) is 6.67. The molecule has 1 atom stereocenters. The second-order valence-electron chi connectivity index (χ2n) is 6.58. The molecule has 2 aromatic heterocycles. The van der Waals surface area contributed by atoms with Crippen LogP contribution < -0.4 is 0 Å². The summed E-state index contributed by atoms with van der Waals surface area (Å²) in [6.07, 6.45) is 2.64. The van der Waals surface area contributed by atoms with Crippen LogP contribution >= 0.6 is 0 Å². The monoisotopic (exact) mass is 349 g/mol. The normalized spacial score (nSPS) is 16.3. The lowest BCUT2D eigenvalue weighted by Gasteiger charge is -2.19. The standard InChI is InChI=1S/C21H19NO4/c1-13-19-16(10-15(11-17(19)23)18-8-5-9-25-18)22-20(13)21(24)26-12-14-6-3-2-4-7-14/h2-9,15,22H,10-12H2,1H3/t15-/m1/s1. The maximum atomic E-state index is 12.6. The Kier molecular flexibility index (Phi) is 4.21. The molecule has 5 heteroatoms. The molecule has 3 aromatic rings. The molecule has 0 bridgehead atoms. The molecule has 4 rings (SSSR count). The largest absolute Gasteiger partial charge is 0.469 e. The maximum Gasteiger partial charge on any atom is 0.355 e. The minimum Gasteiger partial charge on any atom is -0.469 e. The number of furan rings is 1. The van der Waals surface area contributed by atoms with E-state index in [9.17, 15) is 9.59 Å². The van der Waals surface area contributed by atoms with E-state index in [-0.39, 0.29) is 18.3 Å². The molecule has 1 aromatic carbocycles. The number of ether oxygens (including phenoxy) is 1. The van der Waals surface area contributed by atoms with Crippen molar-refractivity contribution in [2.75, 3.05) is 0 Å². The van der Waals surface area contributed by atoms with E-state index in [2.05, 4.69) is 4.98 Å². The van der Waals surface area contributed by atoms with Crippen LogP contribution in [0.2, 0.25) is 0 Å². The molecule has 132 valence electrons. The van der Waals surface area contributed by atoms with Gasteiger partial charge in [-0.3, -0.25) is 4.79 Å². The Hall–Kier alpha value is -3.08. The summed E-state index contributed by atoms with van der Waals surface area (Å²) >= 11 is 0. The first-order chi connectivity index (χ1) is 12.6. The Morgan fingerprint density at radius 3 is 2.73 bits per heavy atom. The Morgan fingerprint density at radius 1 is 1.19 bits per heavy atom. The second-order valence-corrected chi connectivity index (χ2v) is 6.58. The maximum absolute atomic E-state index is 12.6. The fourth-order valence-electron chi connectivity index (χ4n) is 3.56. The molecule has 26 heavy (non-hydrogen) atoms. The van der Waals surface area contributed by atoms with E-state index in [1.54, 1.807) is 13.2 Å². The molecule has 0 radical (unpaired) electrons. The Balaban J connectivity index is 1.55. The van der Waals surface area contributed by atoms with Crippen LogP contribution in [-0.2, 0) is 17.8 Å². The number of aromatic amines is 1. The quantitative estimate of drug-likeness (QED) is 0.717. The molecule has 0 unspecified atom stereocenters. The zero-order valence-corrected chi connectivity index (χ0v) is 14.5. The third kappa shape index (κ3) is 2.96. The lowest BCUT2D eigenvalue weighted by Crippen LogP contribution is -2.18. The first kappa shape index (κ1) is 16.4. The van der Waals surface area contributed by atoms with Crippen LogP contribution in [0.25, 0.3) is 0 Å². The molecular formula is C21H19NO4. The highest BCUT2D eigenvalue weighted by Gasteiger charge is 2.33. The summed E-state index contributed by atoms with van der Waals surface area (Å²) in [6, 6.07) is 13.2. The predicted octanol–water partition coefficient (Wildman–Crippen LogP) is 4.19. The summed E-state index contributed by atoms with van der Waals surface area (Å²) in [5.41, 5.74) is 3.36. The Morgan fingerprint density at radius 2 is 2.00 bits per heavy atom. The van der Waals surface area contributed by atoms with Gasteiger partial charge in [-0.25, -0.2) is 4.79 Å². The summed E-state index contributed by atoms with van der Waals surface area (Å²) in [7, 11) is 0. The minimum absolute atomic E-state index is 0.00348. The minimum atomic E-state index is -0.442. The molecule has 0 aliphatic heterocycles. The van der Waals surface area contributed by atoms with Gasteiger partial charge in [0.1, 0.15) is 18.1 Å². The zero-order chi connectivity index (χ0) is 18.1. The van der Waals surface area contributed by atoms with Crippen LogP contribution in [-0.4, -0.2) is 16.7 Å². The van der Waals surface area contributed by atoms with Crippen LogP contribution in [0.15, 0.2) is 53.1 Å². The smallest absolute Gasteiger partial charge is 0.355 e. The average Bonchev–Trinajstić information content (AvgIpc) is 3.29. The van der Waals surface area contributed by atoms with Crippen LogP contribution in [0.4, 0.5) is 0 Å². The number of Topliss-reactive ketones (excluding diaryl/α,β-unsaturated/α-hetero) is 1. The molecule has 2 heterocycles. The van der Waals surface area contributed by atoms with Gasteiger partial charge in [0.15, 0.2) is 5.78 Å². The van der Waals surface area contributed by atoms with E-state index >= 15 is 0 Å². The van der Waals surface area contributed by atoms with Gasteiger partial charge in [0.25, 0.3) is 0 Å². The van der Waals surface area contributed by atoms with Crippen molar-refractivity contribution < 1.29 is 18.7 Å². The van der Waals surface area contributed by atoms with Gasteiger partial charge < -0.3 is 14.1 Å². The number of H-pyrrole nitrogens is 1. The van der Waals surface area contributed by atoms with Crippen molar-refractivity contribution in [2.24, 2.45) is 0 Å². The number of benzene rings is 1. The number of rotatable bonds is 4. The highest BCUT2D eigenvalue weighted by molar-refractivity contribution is 6.03. The van der Waals surface area contributed by atoms with Gasteiger partial charge in [-0.2, -0.15) is 0 Å². The number of nitrogens with one attached hydrogen (secondary N) is 1. The van der Waals surface area contributed by atoms with E-state index in [1.165, 1.54) is 0 Å². The van der Waals surface area contributed by atoms with Gasteiger partial charge in [0.2, 0.25) is 0 Å². The van der Waals surface area contributed by atoms with Crippen molar-refractivity contribution in [1.29, 1.82) is 0 Å². The number of carbonyl (C=O) groups is 2. The SMILES string of the molecule is Cc1c(C(=O)OCc2ccccc2)[nH]c2c1C(=O)C[C@H](c1ccco1)C2. The molecule has 1 aliphatic rings. The molecule has 0 saturated heterocycles. The lowest BCUT2D eigenvalue weighted by molar-refractivity contribution is 0.0465. The summed E-state index contributed by atoms with van der Waals surface area (Å²) < 4.78 is 10.9. The van der Waals surface area contributed by atoms with E-state index in [4.69, 9.17) is 9.15 Å². The summed E-state index contributed by atoms with van der Waals surface area (Å²) in [6.45, 7) is 1.99. The van der Waals surface area contributed by atoms with E-state index in [1.807, 2.05) is 42.5 Å². The molecule has 0 amide bonds. The highest BCUT2D eigenvalue weighted by Crippen LogP contribution is 2.35. The van der Waals surface area contributed by atoms with Crippen molar-refractivity contribution in [1.82, 2.24) is 4.98 Å². The first-order valence-electron chi connectivity index (χ1n) is 8.62. The molecule has 0 fully saturated rings. The summed E-state index contributed by atoms with van der Waals surface area (Å²) in [4.78, 5) is 28.2. The molecule has 0 spiro atoms. The van der Waals surface area contributed by atoms with E-state index < -0.39 is 5.97 Å². The molecule has 5 nitrogen and oxygen atoms in total. The van der Waals surface area contributed by atoms with Gasteiger partial charge in [-0.15, -0.1) is 0 Å². The third-order valence-electron chi connectivity index (χ3n) is 4.85. The predicted molar refractivity (Wildman–Crippen MR) is 95.2 cm³/mol. The van der Waals surface area contributed by atoms with Crippen molar-refractivity contribution in [3.63, 3.8) is 0 Å². The topological polar surface area (TPSA) is 72.3 Å². The number of hydrogen-bond acceptors (Lipinski definition) is 4. The van der Waals surface area contributed by atoms with Crippen LogP contribution in [0, 0.1) is 6.92 Å². The fraction of sp³-hybridized carbons (Fsp3) is 0.238. The zero-order valence-electron chi connectivity index (χ0n) is 14.5. The van der Waals surface area contributed by atoms with Crippen molar-refractivity contribution in [3.05, 3.63) is 82.6 Å². The van der Waals surface area contributed by atoms with Crippen LogP contribution in [0.3, 0.4) is 0 Å². The van der Waals surface area contributed by atoms with Crippen LogP contribution in [0.5, 0.6) is 0 Å². The molecule has 1 aliphatic carbocycles. The van der Waals surface area contributed by atoms with Gasteiger partial charge >= 0.3 is 5.97 Å². The first-order valence-corrected chi connectivity index (χ1v) is 8.62. The highest BCUT2D eigenvalue weighted by atomic mass is 16.5. The lowest BCUT2D eigenvalue weighted by atomic mass is 9.84. The van der Waals surface area contributed by atoms with Crippen LogP contribution in [0.1, 0.15) is 55.8 Å². The molecular weight excluding hydrogens is 330 g/mol. The van der Waals surface area contributed by atoms with Gasteiger partial charge in [0.05, 0.1) is 6.26 Å². The van der Waals surface area contributed by atoms with E-state index in [0.29, 0.717) is 29.7 Å². The van der Waals surface area contributed by atoms with E-state index in [0.717, 1.165) is 17.0 Å². The fourth-order valence-corrected chi connectivity index (χ4v) is 3.56. The molecule has 1 N–H and O–H groups in total. The number of aromatic nitrogens is 1. The average molecular weight is 349 g/mol. The van der Waals surface area contributed by atoms with Crippen molar-refractivity contribution >= 4 is 11.8 Å². The van der Waals surface area contributed by atoms with Crippen molar-refractivity contribution in [2.45, 2.75) is 32.3 Å². The third-order valence-corrected chi connectivity index (χ3v) is 4.85. The Labute approximate surface area is 151 Å². The number of fused-ring (bicyclic) bond motifs is 1. The number of esters is 1. The van der Waals surface area contributed by atoms with Crippen molar-refractivity contribution in [3.8, 4) is 0 Å². The van der Waals surface area contributed by atoms with Gasteiger partial charge in [0, 0.05) is 23.6 Å². The summed E-state index contributed by atoms with van der Waals surface area (Å²) in [5.74, 6) is 0.382. The summed E-state index contributed by atoms with van der Waals surface area (Å²) in [5, 5.41) is 0. The number of ketones is 1. The van der Waals surface area contributed by atoms with Gasteiger partial charge in [-0.1, -0.05) is 30.3 Å². The number of hydrogen-bond donors (Lipinski definition) is 1. The Bertz CT molecular complexity index is 938. The molecule has 0 saturated carbocycles. The number of carbonyl (C=O) groups excluding carboxylic acids is 2.